The van der Waals surface area contributed by atoms with E-state index in [9.17, 15) is 0 Å². The molecule has 0 bridgehead atoms. The molecule has 0 amide bonds. The van der Waals surface area contributed by atoms with E-state index in [4.69, 9.17) is 4.42 Å². The molecule has 0 atom stereocenters. The smallest absolute Gasteiger partial charge is 0.117 e. The number of hydrogen-bond donors (Lipinski definition) is 1. The van der Waals surface area contributed by atoms with Gasteiger partial charge in [0.25, 0.3) is 0 Å². The Balaban J connectivity index is 1.75. The molecule has 1 heterocycles. The second kappa shape index (κ2) is 5.26. The Morgan fingerprint density at radius 1 is 1.24 bits per heavy atom. The van der Waals surface area contributed by atoms with Crippen LogP contribution in [0.15, 0.2) is 16.5 Å². The first-order valence-corrected chi connectivity index (χ1v) is 6.90. The molecule has 17 heavy (non-hydrogen) atoms. The van der Waals surface area contributed by atoms with Gasteiger partial charge in [0, 0.05) is 12.5 Å². The molecule has 1 N–H and O–H groups in total. The van der Waals surface area contributed by atoms with Crippen LogP contribution in [-0.4, -0.2) is 6.04 Å². The first kappa shape index (κ1) is 12.7. The van der Waals surface area contributed by atoms with E-state index in [1.54, 1.807) is 0 Å². The zero-order chi connectivity index (χ0) is 12.3. The highest BCUT2D eigenvalue weighted by Crippen LogP contribution is 2.35. The average Bonchev–Trinajstić information content (AvgIpc) is 2.75. The largest absolute Gasteiger partial charge is 0.465 e. The van der Waals surface area contributed by atoms with Crippen molar-refractivity contribution in [3.8, 4) is 0 Å². The summed E-state index contributed by atoms with van der Waals surface area (Å²) >= 11 is 0. The lowest BCUT2D eigenvalue weighted by Gasteiger charge is -2.34. The Morgan fingerprint density at radius 3 is 2.47 bits per heavy atom. The SMILES string of the molecule is CCc1ccc(CNC2CCC(C)(C)CC2)o1. The van der Waals surface area contributed by atoms with E-state index in [0.29, 0.717) is 11.5 Å². The van der Waals surface area contributed by atoms with Crippen molar-refractivity contribution in [2.45, 2.75) is 65.5 Å². The average molecular weight is 235 g/mol. The summed E-state index contributed by atoms with van der Waals surface area (Å²) in [5, 5.41) is 3.62. The maximum atomic E-state index is 5.70. The maximum Gasteiger partial charge on any atom is 0.117 e. The summed E-state index contributed by atoms with van der Waals surface area (Å²) in [7, 11) is 0. The van der Waals surface area contributed by atoms with E-state index in [1.807, 2.05) is 0 Å². The van der Waals surface area contributed by atoms with Gasteiger partial charge < -0.3 is 9.73 Å². The van der Waals surface area contributed by atoms with Crippen LogP contribution in [0.25, 0.3) is 0 Å². The molecular formula is C15H25NO. The predicted octanol–water partition coefficient (Wildman–Crippen LogP) is 3.90. The molecule has 0 aliphatic heterocycles. The van der Waals surface area contributed by atoms with Gasteiger partial charge in [-0.25, -0.2) is 0 Å². The van der Waals surface area contributed by atoms with E-state index in [0.717, 1.165) is 24.5 Å². The lowest BCUT2D eigenvalue weighted by Crippen LogP contribution is -2.35. The summed E-state index contributed by atoms with van der Waals surface area (Å²) in [4.78, 5) is 0. The van der Waals surface area contributed by atoms with Crippen LogP contribution in [0.2, 0.25) is 0 Å². The van der Waals surface area contributed by atoms with E-state index >= 15 is 0 Å². The van der Waals surface area contributed by atoms with Gasteiger partial charge in [-0.15, -0.1) is 0 Å². The van der Waals surface area contributed by atoms with Crippen LogP contribution in [0.1, 0.15) is 58.0 Å². The van der Waals surface area contributed by atoms with Gasteiger partial charge in [-0.3, -0.25) is 0 Å². The molecule has 1 aromatic rings. The topological polar surface area (TPSA) is 25.2 Å². The molecule has 2 nitrogen and oxygen atoms in total. The van der Waals surface area contributed by atoms with Gasteiger partial charge in [-0.2, -0.15) is 0 Å². The molecule has 2 heteroatoms. The molecule has 0 aromatic carbocycles. The number of aryl methyl sites for hydroxylation is 1. The normalized spacial score (nSPS) is 20.6. The summed E-state index contributed by atoms with van der Waals surface area (Å²) in [6.45, 7) is 7.76. The Kier molecular flexibility index (Phi) is 3.93. The minimum Gasteiger partial charge on any atom is -0.465 e. The Morgan fingerprint density at radius 2 is 1.88 bits per heavy atom. The molecular weight excluding hydrogens is 210 g/mol. The predicted molar refractivity (Wildman–Crippen MR) is 71.0 cm³/mol. The number of nitrogens with one attached hydrogen (secondary N) is 1. The molecule has 0 spiro atoms. The minimum atomic E-state index is 0.554. The van der Waals surface area contributed by atoms with Gasteiger partial charge in [0.15, 0.2) is 0 Å². The van der Waals surface area contributed by atoms with Gasteiger partial charge >= 0.3 is 0 Å². The first-order chi connectivity index (χ1) is 8.09. The lowest BCUT2D eigenvalue weighted by molar-refractivity contribution is 0.204. The van der Waals surface area contributed by atoms with Crippen molar-refractivity contribution in [1.29, 1.82) is 0 Å². The van der Waals surface area contributed by atoms with E-state index in [2.05, 4.69) is 38.2 Å². The summed E-state index contributed by atoms with van der Waals surface area (Å²) in [6, 6.07) is 4.86. The molecule has 1 aliphatic carbocycles. The van der Waals surface area contributed by atoms with Crippen molar-refractivity contribution in [3.63, 3.8) is 0 Å². The van der Waals surface area contributed by atoms with E-state index in [-0.39, 0.29) is 0 Å². The molecule has 0 saturated heterocycles. The fraction of sp³-hybridized carbons (Fsp3) is 0.733. The fourth-order valence-electron chi connectivity index (χ4n) is 2.56. The second-order valence-electron chi connectivity index (χ2n) is 6.04. The summed E-state index contributed by atoms with van der Waals surface area (Å²) in [5.74, 6) is 2.17. The Bertz CT molecular complexity index is 344. The minimum absolute atomic E-state index is 0.554. The number of hydrogen-bond acceptors (Lipinski definition) is 2. The second-order valence-corrected chi connectivity index (χ2v) is 6.04. The van der Waals surface area contributed by atoms with Gasteiger partial charge in [-0.05, 0) is 43.2 Å². The van der Waals surface area contributed by atoms with Crippen LogP contribution in [0.4, 0.5) is 0 Å². The number of rotatable bonds is 4. The highest BCUT2D eigenvalue weighted by molar-refractivity contribution is 5.06. The van der Waals surface area contributed by atoms with Gasteiger partial charge in [-0.1, -0.05) is 20.8 Å². The van der Waals surface area contributed by atoms with Crippen molar-refractivity contribution >= 4 is 0 Å². The third kappa shape index (κ3) is 3.60. The monoisotopic (exact) mass is 235 g/mol. The third-order valence-corrected chi connectivity index (χ3v) is 3.97. The van der Waals surface area contributed by atoms with Crippen molar-refractivity contribution < 1.29 is 4.42 Å². The van der Waals surface area contributed by atoms with Crippen molar-refractivity contribution in [2.75, 3.05) is 0 Å². The molecule has 2 rings (SSSR count). The molecule has 0 radical (unpaired) electrons. The van der Waals surface area contributed by atoms with E-state index < -0.39 is 0 Å². The van der Waals surface area contributed by atoms with Gasteiger partial charge in [0.2, 0.25) is 0 Å². The molecule has 1 saturated carbocycles. The van der Waals surface area contributed by atoms with Crippen LogP contribution in [0.5, 0.6) is 0 Å². The van der Waals surface area contributed by atoms with Crippen LogP contribution in [-0.2, 0) is 13.0 Å². The lowest BCUT2D eigenvalue weighted by atomic mass is 9.75. The van der Waals surface area contributed by atoms with Crippen molar-refractivity contribution in [2.24, 2.45) is 5.41 Å². The summed E-state index contributed by atoms with van der Waals surface area (Å²) in [5.41, 5.74) is 0.554. The van der Waals surface area contributed by atoms with Crippen LogP contribution in [0.3, 0.4) is 0 Å². The van der Waals surface area contributed by atoms with Crippen molar-refractivity contribution in [1.82, 2.24) is 5.32 Å². The molecule has 1 aliphatic rings. The fourth-order valence-corrected chi connectivity index (χ4v) is 2.56. The van der Waals surface area contributed by atoms with Crippen LogP contribution < -0.4 is 5.32 Å². The zero-order valence-electron chi connectivity index (χ0n) is 11.4. The molecule has 1 aromatic heterocycles. The Hall–Kier alpha value is -0.760. The zero-order valence-corrected chi connectivity index (χ0v) is 11.4. The maximum absolute atomic E-state index is 5.70. The highest BCUT2D eigenvalue weighted by atomic mass is 16.3. The van der Waals surface area contributed by atoms with E-state index in [1.165, 1.54) is 25.7 Å². The highest BCUT2D eigenvalue weighted by Gasteiger charge is 2.26. The van der Waals surface area contributed by atoms with Crippen LogP contribution >= 0.6 is 0 Å². The molecule has 1 fully saturated rings. The first-order valence-electron chi connectivity index (χ1n) is 6.90. The summed E-state index contributed by atoms with van der Waals surface area (Å²) < 4.78 is 5.70. The molecule has 0 unspecified atom stereocenters. The van der Waals surface area contributed by atoms with Gasteiger partial charge in [0.05, 0.1) is 6.54 Å². The quantitative estimate of drug-likeness (QED) is 0.856. The molecule has 96 valence electrons. The summed E-state index contributed by atoms with van der Waals surface area (Å²) in [6.07, 6.45) is 6.26. The standard InChI is InChI=1S/C15H25NO/c1-4-13-5-6-14(17-13)11-16-12-7-9-15(2,3)10-8-12/h5-6,12,16H,4,7-11H2,1-3H3. The van der Waals surface area contributed by atoms with Gasteiger partial charge in [0.1, 0.15) is 11.5 Å². The Labute approximate surface area is 105 Å². The number of furan rings is 1. The third-order valence-electron chi connectivity index (χ3n) is 3.97. The van der Waals surface area contributed by atoms with Crippen molar-refractivity contribution in [3.05, 3.63) is 23.7 Å². The van der Waals surface area contributed by atoms with Crippen LogP contribution in [0, 0.1) is 5.41 Å².